The normalized spacial score (nSPS) is 11.2. The summed E-state index contributed by atoms with van der Waals surface area (Å²) in [6.07, 6.45) is -3.79. The van der Waals surface area contributed by atoms with Crippen molar-refractivity contribution in [3.63, 3.8) is 0 Å². The summed E-state index contributed by atoms with van der Waals surface area (Å²) in [7, 11) is 0. The van der Waals surface area contributed by atoms with Crippen LogP contribution in [0.25, 0.3) is 0 Å². The van der Waals surface area contributed by atoms with Crippen molar-refractivity contribution >= 4 is 11.6 Å². The van der Waals surface area contributed by atoms with Gasteiger partial charge in [-0.1, -0.05) is 18.2 Å². The second-order valence-electron chi connectivity index (χ2n) is 5.78. The first-order chi connectivity index (χ1) is 11.8. The molecule has 0 bridgehead atoms. The van der Waals surface area contributed by atoms with Crippen LogP contribution in [0.4, 0.5) is 18.9 Å². The van der Waals surface area contributed by atoms with Crippen LogP contribution < -0.4 is 10.1 Å². The van der Waals surface area contributed by atoms with Crippen LogP contribution in [0.1, 0.15) is 29.5 Å². The first-order valence-corrected chi connectivity index (χ1v) is 7.93. The predicted molar refractivity (Wildman–Crippen MR) is 90.7 cm³/mol. The van der Waals surface area contributed by atoms with Crippen molar-refractivity contribution in [3.05, 3.63) is 59.2 Å². The van der Waals surface area contributed by atoms with Crippen molar-refractivity contribution in [2.75, 3.05) is 11.9 Å². The van der Waals surface area contributed by atoms with Gasteiger partial charge < -0.3 is 10.1 Å². The first-order valence-electron chi connectivity index (χ1n) is 7.93. The Kier molecular flexibility index (Phi) is 6.07. The molecule has 0 atom stereocenters. The lowest BCUT2D eigenvalue weighted by Crippen LogP contribution is -2.14. The molecular formula is C19H20F3NO2. The molecule has 0 radical (unpaired) electrons. The molecule has 2 aromatic rings. The molecule has 0 aliphatic rings. The number of ether oxygens (including phenoxy) is 1. The summed E-state index contributed by atoms with van der Waals surface area (Å²) in [5.41, 5.74) is 1.52. The number of carbonyl (C=O) groups is 1. The summed E-state index contributed by atoms with van der Waals surface area (Å²) < 4.78 is 43.6. The number of hydrogen-bond donors (Lipinski definition) is 1. The van der Waals surface area contributed by atoms with Crippen molar-refractivity contribution in [3.8, 4) is 5.75 Å². The van der Waals surface area contributed by atoms with Gasteiger partial charge in [-0.15, -0.1) is 0 Å². The third kappa shape index (κ3) is 5.52. The second kappa shape index (κ2) is 8.05. The summed E-state index contributed by atoms with van der Waals surface area (Å²) in [5, 5.41) is 2.48. The Balaban J connectivity index is 1.80. The standard InChI is InChI=1S/C19H20F3NO2/c1-13-6-3-9-17(14(13)2)25-11-5-10-18(24)23-16-8-4-7-15(12-16)19(20,21)22/h3-4,6-9,12H,5,10-11H2,1-2H3,(H,23,24). The van der Waals surface area contributed by atoms with Gasteiger partial charge in [0.1, 0.15) is 5.75 Å². The predicted octanol–water partition coefficient (Wildman–Crippen LogP) is 5.12. The monoisotopic (exact) mass is 351 g/mol. The molecule has 0 aliphatic carbocycles. The molecule has 6 heteroatoms. The second-order valence-corrected chi connectivity index (χ2v) is 5.78. The average Bonchev–Trinajstić information content (AvgIpc) is 2.55. The van der Waals surface area contributed by atoms with E-state index in [2.05, 4.69) is 5.32 Å². The van der Waals surface area contributed by atoms with Crippen molar-refractivity contribution in [1.29, 1.82) is 0 Å². The Morgan fingerprint density at radius 1 is 1.12 bits per heavy atom. The van der Waals surface area contributed by atoms with Gasteiger partial charge in [-0.25, -0.2) is 0 Å². The molecule has 0 saturated carbocycles. The van der Waals surface area contributed by atoms with Crippen LogP contribution in [0.5, 0.6) is 5.75 Å². The topological polar surface area (TPSA) is 38.3 Å². The smallest absolute Gasteiger partial charge is 0.416 e. The zero-order valence-corrected chi connectivity index (χ0v) is 14.1. The summed E-state index contributed by atoms with van der Waals surface area (Å²) in [6, 6.07) is 10.3. The fourth-order valence-corrected chi connectivity index (χ4v) is 2.29. The van der Waals surface area contributed by atoms with Crippen molar-refractivity contribution < 1.29 is 22.7 Å². The van der Waals surface area contributed by atoms with E-state index in [0.717, 1.165) is 29.0 Å². The lowest BCUT2D eigenvalue weighted by molar-refractivity contribution is -0.137. The number of amides is 1. The van der Waals surface area contributed by atoms with Gasteiger partial charge >= 0.3 is 6.18 Å². The minimum absolute atomic E-state index is 0.135. The molecule has 1 amide bonds. The highest BCUT2D eigenvalue weighted by Gasteiger charge is 2.30. The van der Waals surface area contributed by atoms with Crippen molar-refractivity contribution in [1.82, 2.24) is 0 Å². The van der Waals surface area contributed by atoms with Gasteiger partial charge in [0.05, 0.1) is 12.2 Å². The minimum Gasteiger partial charge on any atom is -0.493 e. The maximum atomic E-state index is 12.6. The molecule has 2 rings (SSSR count). The number of anilines is 1. The van der Waals surface area contributed by atoms with Gasteiger partial charge in [0.2, 0.25) is 5.91 Å². The SMILES string of the molecule is Cc1cccc(OCCCC(=O)Nc2cccc(C(F)(F)F)c2)c1C. The Hall–Kier alpha value is -2.50. The van der Waals surface area contributed by atoms with E-state index in [-0.39, 0.29) is 18.0 Å². The zero-order chi connectivity index (χ0) is 18.4. The first kappa shape index (κ1) is 18.8. The van der Waals surface area contributed by atoms with Gasteiger partial charge in [0.15, 0.2) is 0 Å². The Morgan fingerprint density at radius 2 is 1.84 bits per heavy atom. The van der Waals surface area contributed by atoms with Gasteiger partial charge in [-0.05, 0) is 55.7 Å². The third-order valence-corrected chi connectivity index (χ3v) is 3.83. The number of alkyl halides is 3. The molecule has 3 nitrogen and oxygen atoms in total. The fraction of sp³-hybridized carbons (Fsp3) is 0.316. The maximum Gasteiger partial charge on any atom is 0.416 e. The van der Waals surface area contributed by atoms with E-state index in [9.17, 15) is 18.0 Å². The van der Waals surface area contributed by atoms with Gasteiger partial charge in [-0.2, -0.15) is 13.2 Å². The van der Waals surface area contributed by atoms with Gasteiger partial charge in [0, 0.05) is 12.1 Å². The molecule has 0 saturated heterocycles. The molecule has 2 aromatic carbocycles. The maximum absolute atomic E-state index is 12.6. The Morgan fingerprint density at radius 3 is 2.56 bits per heavy atom. The van der Waals surface area contributed by atoms with Gasteiger partial charge in [-0.3, -0.25) is 4.79 Å². The van der Waals surface area contributed by atoms with E-state index < -0.39 is 11.7 Å². The van der Waals surface area contributed by atoms with E-state index >= 15 is 0 Å². The quantitative estimate of drug-likeness (QED) is 0.734. The average molecular weight is 351 g/mol. The van der Waals surface area contributed by atoms with Crippen LogP contribution in [0, 0.1) is 13.8 Å². The summed E-state index contributed by atoms with van der Waals surface area (Å²) in [5.74, 6) is 0.433. The number of halogens is 3. The molecule has 0 heterocycles. The largest absolute Gasteiger partial charge is 0.493 e. The van der Waals surface area contributed by atoms with Crippen LogP contribution in [0.15, 0.2) is 42.5 Å². The Bertz CT molecular complexity index is 742. The van der Waals surface area contributed by atoms with Crippen LogP contribution >= 0.6 is 0 Å². The molecule has 134 valence electrons. The summed E-state index contributed by atoms with van der Waals surface area (Å²) in [4.78, 5) is 11.9. The van der Waals surface area contributed by atoms with E-state index in [4.69, 9.17) is 4.74 Å². The van der Waals surface area contributed by atoms with Crippen LogP contribution in [-0.2, 0) is 11.0 Å². The molecule has 0 unspecified atom stereocenters. The molecule has 0 fully saturated rings. The zero-order valence-electron chi connectivity index (χ0n) is 14.1. The molecule has 1 N–H and O–H groups in total. The Labute approximate surface area is 144 Å². The lowest BCUT2D eigenvalue weighted by Gasteiger charge is -2.11. The minimum atomic E-state index is -4.43. The summed E-state index contributed by atoms with van der Waals surface area (Å²) >= 11 is 0. The highest BCUT2D eigenvalue weighted by atomic mass is 19.4. The number of rotatable bonds is 6. The number of hydrogen-bond acceptors (Lipinski definition) is 2. The van der Waals surface area contributed by atoms with Crippen LogP contribution in [0.3, 0.4) is 0 Å². The number of nitrogens with one attached hydrogen (secondary N) is 1. The molecular weight excluding hydrogens is 331 g/mol. The van der Waals surface area contributed by atoms with E-state index in [0.29, 0.717) is 13.0 Å². The fourth-order valence-electron chi connectivity index (χ4n) is 2.29. The third-order valence-electron chi connectivity index (χ3n) is 3.83. The van der Waals surface area contributed by atoms with Crippen LogP contribution in [-0.4, -0.2) is 12.5 Å². The number of aryl methyl sites for hydroxylation is 1. The molecule has 0 aliphatic heterocycles. The highest BCUT2D eigenvalue weighted by molar-refractivity contribution is 5.90. The number of carbonyl (C=O) groups excluding carboxylic acids is 1. The van der Waals surface area contributed by atoms with Crippen molar-refractivity contribution in [2.45, 2.75) is 32.9 Å². The van der Waals surface area contributed by atoms with Crippen molar-refractivity contribution in [2.24, 2.45) is 0 Å². The van der Waals surface area contributed by atoms with E-state index in [1.54, 1.807) is 0 Å². The lowest BCUT2D eigenvalue weighted by atomic mass is 10.1. The molecule has 0 spiro atoms. The summed E-state index contributed by atoms with van der Waals surface area (Å²) in [6.45, 7) is 4.32. The van der Waals surface area contributed by atoms with E-state index in [1.807, 2.05) is 32.0 Å². The molecule has 0 aromatic heterocycles. The molecule has 25 heavy (non-hydrogen) atoms. The van der Waals surface area contributed by atoms with Crippen LogP contribution in [0.2, 0.25) is 0 Å². The highest BCUT2D eigenvalue weighted by Crippen LogP contribution is 2.30. The van der Waals surface area contributed by atoms with E-state index in [1.165, 1.54) is 12.1 Å². The number of benzene rings is 2. The van der Waals surface area contributed by atoms with Gasteiger partial charge in [0.25, 0.3) is 0 Å².